The molecule has 0 radical (unpaired) electrons. The first-order chi connectivity index (χ1) is 9.24. The van der Waals surface area contributed by atoms with E-state index in [-0.39, 0.29) is 17.9 Å². The van der Waals surface area contributed by atoms with Crippen molar-refractivity contribution in [3.8, 4) is 0 Å². The molecule has 1 heterocycles. The largest absolute Gasteiger partial charge is 0.396 e. The van der Waals surface area contributed by atoms with Crippen molar-refractivity contribution in [1.29, 1.82) is 0 Å². The minimum Gasteiger partial charge on any atom is -0.396 e. The van der Waals surface area contributed by atoms with Crippen LogP contribution in [-0.4, -0.2) is 29.1 Å². The zero-order chi connectivity index (χ0) is 13.6. The smallest absolute Gasteiger partial charge is 0.220 e. The molecule has 0 aliphatic heterocycles. The first-order valence-corrected chi connectivity index (χ1v) is 7.01. The molecule has 1 fully saturated rings. The average molecular weight is 262 g/mol. The summed E-state index contributed by atoms with van der Waals surface area (Å²) in [5.41, 5.74) is 1.06. The summed E-state index contributed by atoms with van der Waals surface area (Å²) in [4.78, 5) is 15.8. The van der Waals surface area contributed by atoms with E-state index in [0.29, 0.717) is 13.0 Å². The zero-order valence-electron chi connectivity index (χ0n) is 11.3. The van der Waals surface area contributed by atoms with E-state index in [4.69, 9.17) is 0 Å². The SMILES string of the molecule is O=C(CCc1ccncc1)NCC1(CO)CCCC1. The van der Waals surface area contributed by atoms with Gasteiger partial charge in [0.15, 0.2) is 0 Å². The van der Waals surface area contributed by atoms with Gasteiger partial charge in [-0.2, -0.15) is 0 Å². The average Bonchev–Trinajstić information content (AvgIpc) is 2.93. The third kappa shape index (κ3) is 4.03. The Bertz CT molecular complexity index is 400. The number of pyridine rings is 1. The van der Waals surface area contributed by atoms with Crippen LogP contribution >= 0.6 is 0 Å². The second-order valence-electron chi connectivity index (χ2n) is 5.50. The first kappa shape index (κ1) is 14.0. The normalized spacial score (nSPS) is 17.3. The van der Waals surface area contributed by atoms with Gasteiger partial charge in [0, 0.05) is 30.8 Å². The van der Waals surface area contributed by atoms with Gasteiger partial charge in [-0.1, -0.05) is 12.8 Å². The molecule has 1 aliphatic carbocycles. The number of nitrogens with one attached hydrogen (secondary N) is 1. The molecule has 0 atom stereocenters. The van der Waals surface area contributed by atoms with Crippen LogP contribution in [-0.2, 0) is 11.2 Å². The van der Waals surface area contributed by atoms with Crippen LogP contribution in [0.3, 0.4) is 0 Å². The van der Waals surface area contributed by atoms with Crippen molar-refractivity contribution in [3.05, 3.63) is 30.1 Å². The van der Waals surface area contributed by atoms with E-state index < -0.39 is 0 Å². The summed E-state index contributed by atoms with van der Waals surface area (Å²) in [5, 5.41) is 12.5. The van der Waals surface area contributed by atoms with E-state index in [1.807, 2.05) is 12.1 Å². The van der Waals surface area contributed by atoms with E-state index in [1.165, 1.54) is 0 Å². The molecular weight excluding hydrogens is 240 g/mol. The van der Waals surface area contributed by atoms with E-state index in [2.05, 4.69) is 10.3 Å². The molecule has 19 heavy (non-hydrogen) atoms. The van der Waals surface area contributed by atoms with Crippen molar-refractivity contribution in [3.63, 3.8) is 0 Å². The molecule has 1 aromatic rings. The molecule has 0 saturated heterocycles. The predicted octanol–water partition coefficient (Wildman–Crippen LogP) is 1.68. The summed E-state index contributed by atoms with van der Waals surface area (Å²) in [5.74, 6) is 0.0662. The number of nitrogens with zero attached hydrogens (tertiary/aromatic N) is 1. The van der Waals surface area contributed by atoms with Gasteiger partial charge in [0.1, 0.15) is 0 Å². The van der Waals surface area contributed by atoms with Crippen LogP contribution in [0.15, 0.2) is 24.5 Å². The van der Waals surface area contributed by atoms with Crippen molar-refractivity contribution >= 4 is 5.91 Å². The fraction of sp³-hybridized carbons (Fsp3) is 0.600. The van der Waals surface area contributed by atoms with Crippen LogP contribution in [0.2, 0.25) is 0 Å². The predicted molar refractivity (Wildman–Crippen MR) is 73.6 cm³/mol. The fourth-order valence-electron chi connectivity index (χ4n) is 2.70. The molecule has 1 aliphatic rings. The minimum absolute atomic E-state index is 0.0632. The van der Waals surface area contributed by atoms with Gasteiger partial charge in [-0.25, -0.2) is 0 Å². The lowest BCUT2D eigenvalue weighted by Crippen LogP contribution is -2.38. The van der Waals surface area contributed by atoms with Gasteiger partial charge < -0.3 is 10.4 Å². The van der Waals surface area contributed by atoms with Gasteiger partial charge >= 0.3 is 0 Å². The van der Waals surface area contributed by atoms with Gasteiger partial charge in [-0.3, -0.25) is 9.78 Å². The van der Waals surface area contributed by atoms with Gasteiger partial charge in [0.25, 0.3) is 0 Å². The molecular formula is C15H22N2O2. The Morgan fingerprint density at radius 2 is 2.00 bits per heavy atom. The Hall–Kier alpha value is -1.42. The van der Waals surface area contributed by atoms with Gasteiger partial charge in [-0.15, -0.1) is 0 Å². The number of hydrogen-bond donors (Lipinski definition) is 2. The lowest BCUT2D eigenvalue weighted by atomic mass is 9.87. The Morgan fingerprint density at radius 1 is 1.32 bits per heavy atom. The second-order valence-corrected chi connectivity index (χ2v) is 5.50. The number of hydrogen-bond acceptors (Lipinski definition) is 3. The molecule has 2 rings (SSSR count). The quantitative estimate of drug-likeness (QED) is 0.820. The summed E-state index contributed by atoms with van der Waals surface area (Å²) in [6, 6.07) is 3.86. The Labute approximate surface area is 114 Å². The molecule has 4 heteroatoms. The summed E-state index contributed by atoms with van der Waals surface area (Å²) in [6.07, 6.45) is 9.08. The lowest BCUT2D eigenvalue weighted by molar-refractivity contribution is -0.121. The summed E-state index contributed by atoms with van der Waals surface area (Å²) in [7, 11) is 0. The van der Waals surface area contributed by atoms with Crippen molar-refractivity contribution in [2.24, 2.45) is 5.41 Å². The number of rotatable bonds is 6. The van der Waals surface area contributed by atoms with Crippen LogP contribution in [0, 0.1) is 5.41 Å². The minimum atomic E-state index is -0.0632. The molecule has 0 aromatic carbocycles. The molecule has 4 nitrogen and oxygen atoms in total. The van der Waals surface area contributed by atoms with Crippen LogP contribution in [0.5, 0.6) is 0 Å². The number of amides is 1. The number of carbonyl (C=O) groups excluding carboxylic acids is 1. The first-order valence-electron chi connectivity index (χ1n) is 7.01. The molecule has 1 aromatic heterocycles. The Kier molecular flexibility index (Phi) is 4.91. The maximum atomic E-state index is 11.8. The van der Waals surface area contributed by atoms with Crippen LogP contribution in [0.25, 0.3) is 0 Å². The number of aryl methyl sites for hydroxylation is 1. The second kappa shape index (κ2) is 6.66. The van der Waals surface area contributed by atoms with E-state index in [1.54, 1.807) is 12.4 Å². The molecule has 0 spiro atoms. The standard InChI is InChI=1S/C15H22N2O2/c18-12-15(7-1-2-8-15)11-17-14(19)4-3-13-5-9-16-10-6-13/h5-6,9-10,18H,1-4,7-8,11-12H2,(H,17,19). The van der Waals surface area contributed by atoms with Gasteiger partial charge in [0.05, 0.1) is 6.61 Å². The highest BCUT2D eigenvalue weighted by molar-refractivity contribution is 5.76. The van der Waals surface area contributed by atoms with Gasteiger partial charge in [-0.05, 0) is 37.0 Å². The topological polar surface area (TPSA) is 62.2 Å². The van der Waals surface area contributed by atoms with E-state index in [9.17, 15) is 9.90 Å². The molecule has 2 N–H and O–H groups in total. The third-order valence-electron chi connectivity index (χ3n) is 4.05. The van der Waals surface area contributed by atoms with Crippen molar-refractivity contribution in [2.75, 3.05) is 13.2 Å². The molecule has 1 amide bonds. The highest BCUT2D eigenvalue weighted by Crippen LogP contribution is 2.36. The van der Waals surface area contributed by atoms with E-state index in [0.717, 1.165) is 37.7 Å². The third-order valence-corrected chi connectivity index (χ3v) is 4.05. The van der Waals surface area contributed by atoms with Gasteiger partial charge in [0.2, 0.25) is 5.91 Å². The molecule has 104 valence electrons. The Morgan fingerprint density at radius 3 is 2.63 bits per heavy atom. The highest BCUT2D eigenvalue weighted by atomic mass is 16.3. The van der Waals surface area contributed by atoms with Crippen LogP contribution in [0.1, 0.15) is 37.7 Å². The van der Waals surface area contributed by atoms with Crippen LogP contribution in [0.4, 0.5) is 0 Å². The van der Waals surface area contributed by atoms with E-state index >= 15 is 0 Å². The molecule has 0 bridgehead atoms. The van der Waals surface area contributed by atoms with Crippen molar-refractivity contribution < 1.29 is 9.90 Å². The maximum Gasteiger partial charge on any atom is 0.220 e. The lowest BCUT2D eigenvalue weighted by Gasteiger charge is -2.26. The number of aliphatic hydroxyl groups is 1. The number of carbonyl (C=O) groups is 1. The Balaban J connectivity index is 1.72. The zero-order valence-corrected chi connectivity index (χ0v) is 11.3. The summed E-state index contributed by atoms with van der Waals surface area (Å²) < 4.78 is 0. The summed E-state index contributed by atoms with van der Waals surface area (Å²) >= 11 is 0. The van der Waals surface area contributed by atoms with Crippen molar-refractivity contribution in [1.82, 2.24) is 10.3 Å². The maximum absolute atomic E-state index is 11.8. The number of aromatic nitrogens is 1. The summed E-state index contributed by atoms with van der Waals surface area (Å²) in [6.45, 7) is 0.788. The highest BCUT2D eigenvalue weighted by Gasteiger charge is 2.33. The number of aliphatic hydroxyl groups excluding tert-OH is 1. The molecule has 1 saturated carbocycles. The monoisotopic (exact) mass is 262 g/mol. The molecule has 0 unspecified atom stereocenters. The fourth-order valence-corrected chi connectivity index (χ4v) is 2.70. The van der Waals surface area contributed by atoms with Crippen molar-refractivity contribution in [2.45, 2.75) is 38.5 Å². The van der Waals surface area contributed by atoms with Crippen LogP contribution < -0.4 is 5.32 Å².